The molecule has 0 aromatic rings. The predicted molar refractivity (Wildman–Crippen MR) is 47.3 cm³/mol. The lowest BCUT2D eigenvalue weighted by atomic mass is 10.3. The Bertz CT molecular complexity index is 269. The van der Waals surface area contributed by atoms with Crippen molar-refractivity contribution in [3.8, 4) is 0 Å². The molecule has 1 rings (SSSR count). The maximum Gasteiger partial charge on any atom is 0.283 e. The average molecular weight is 200 g/mol. The highest BCUT2D eigenvalue weighted by atomic mass is 16.5. The van der Waals surface area contributed by atoms with E-state index in [0.29, 0.717) is 26.3 Å². The van der Waals surface area contributed by atoms with Gasteiger partial charge < -0.3 is 20.5 Å². The molecule has 78 valence electrons. The number of morpholine rings is 1. The lowest BCUT2D eigenvalue weighted by Gasteiger charge is -2.25. The van der Waals surface area contributed by atoms with Crippen molar-refractivity contribution in [1.29, 1.82) is 0 Å². The number of rotatable bonds is 2. The zero-order valence-corrected chi connectivity index (χ0v) is 7.60. The van der Waals surface area contributed by atoms with Gasteiger partial charge in [-0.25, -0.2) is 0 Å². The van der Waals surface area contributed by atoms with Gasteiger partial charge in [-0.05, 0) is 0 Å². The molecule has 1 saturated heterocycles. The number of hydrogen-bond acceptors (Lipinski definition) is 4. The standard InChI is InChI=1S/C8H12N2O4/c9-8(13)6(11)5-7(12)10-1-3-14-4-2-10/h5,11H,1-4H2,(H2,9,13). The zero-order chi connectivity index (χ0) is 10.6. The number of nitrogens with zero attached hydrogens (tertiary/aromatic N) is 1. The molecule has 0 aromatic carbocycles. The molecule has 6 heteroatoms. The molecule has 0 atom stereocenters. The molecule has 2 amide bonds. The summed E-state index contributed by atoms with van der Waals surface area (Å²) in [4.78, 5) is 23.2. The van der Waals surface area contributed by atoms with E-state index < -0.39 is 17.6 Å². The summed E-state index contributed by atoms with van der Waals surface area (Å²) in [6.07, 6.45) is 0.827. The average Bonchev–Trinajstić information content (AvgIpc) is 2.19. The van der Waals surface area contributed by atoms with Crippen LogP contribution in [0, 0.1) is 0 Å². The summed E-state index contributed by atoms with van der Waals surface area (Å²) in [6, 6.07) is 0. The smallest absolute Gasteiger partial charge is 0.283 e. The first-order chi connectivity index (χ1) is 6.61. The van der Waals surface area contributed by atoms with Gasteiger partial charge in [0.05, 0.1) is 19.3 Å². The third-order valence-electron chi connectivity index (χ3n) is 1.84. The van der Waals surface area contributed by atoms with Gasteiger partial charge in [-0.2, -0.15) is 0 Å². The van der Waals surface area contributed by atoms with E-state index in [1.54, 1.807) is 0 Å². The van der Waals surface area contributed by atoms with Gasteiger partial charge in [0.15, 0.2) is 5.76 Å². The third kappa shape index (κ3) is 2.74. The number of nitrogens with two attached hydrogens (primary N) is 1. The van der Waals surface area contributed by atoms with Crippen LogP contribution in [0.25, 0.3) is 0 Å². The first-order valence-electron chi connectivity index (χ1n) is 4.18. The van der Waals surface area contributed by atoms with Gasteiger partial charge in [0, 0.05) is 13.1 Å². The highest BCUT2D eigenvalue weighted by Gasteiger charge is 2.16. The summed E-state index contributed by atoms with van der Waals surface area (Å²) in [7, 11) is 0. The van der Waals surface area contributed by atoms with Crippen LogP contribution in [0.5, 0.6) is 0 Å². The van der Waals surface area contributed by atoms with Crippen LogP contribution in [0.3, 0.4) is 0 Å². The Morgan fingerprint density at radius 3 is 2.43 bits per heavy atom. The number of primary amides is 1. The molecule has 1 aliphatic rings. The normalized spacial score (nSPS) is 18.0. The molecule has 1 heterocycles. The van der Waals surface area contributed by atoms with E-state index >= 15 is 0 Å². The molecule has 0 aromatic heterocycles. The Kier molecular flexibility index (Phi) is 3.47. The lowest BCUT2D eigenvalue weighted by Crippen LogP contribution is -2.40. The summed E-state index contributed by atoms with van der Waals surface area (Å²) in [5.74, 6) is -2.15. The highest BCUT2D eigenvalue weighted by Crippen LogP contribution is 1.99. The van der Waals surface area contributed by atoms with Crippen LogP contribution in [0.15, 0.2) is 11.8 Å². The van der Waals surface area contributed by atoms with Gasteiger partial charge in [-0.3, -0.25) is 9.59 Å². The Labute approximate surface area is 80.9 Å². The minimum Gasteiger partial charge on any atom is -0.503 e. The van der Waals surface area contributed by atoms with Crippen molar-refractivity contribution >= 4 is 11.8 Å². The van der Waals surface area contributed by atoms with Gasteiger partial charge in [0.2, 0.25) is 0 Å². The number of hydrogen-bond donors (Lipinski definition) is 2. The van der Waals surface area contributed by atoms with E-state index in [0.717, 1.165) is 6.08 Å². The van der Waals surface area contributed by atoms with Crippen molar-refractivity contribution in [3.63, 3.8) is 0 Å². The maximum atomic E-state index is 11.3. The van der Waals surface area contributed by atoms with E-state index in [9.17, 15) is 9.59 Å². The van der Waals surface area contributed by atoms with Crippen LogP contribution in [-0.2, 0) is 14.3 Å². The predicted octanol–water partition coefficient (Wildman–Crippen LogP) is -1.23. The molecule has 3 N–H and O–H groups in total. The van der Waals surface area contributed by atoms with Crippen molar-refractivity contribution in [2.45, 2.75) is 0 Å². The van der Waals surface area contributed by atoms with E-state index in [1.807, 2.05) is 0 Å². The van der Waals surface area contributed by atoms with Gasteiger partial charge in [0.25, 0.3) is 11.8 Å². The first-order valence-corrected chi connectivity index (χ1v) is 4.18. The topological polar surface area (TPSA) is 92.9 Å². The molecule has 0 spiro atoms. The molecular formula is C8H12N2O4. The molecular weight excluding hydrogens is 188 g/mol. The molecule has 0 unspecified atom stereocenters. The fourth-order valence-corrected chi connectivity index (χ4v) is 1.06. The van der Waals surface area contributed by atoms with Gasteiger partial charge >= 0.3 is 0 Å². The molecule has 0 bridgehead atoms. The summed E-state index contributed by atoms with van der Waals surface area (Å²) < 4.78 is 5.03. The summed E-state index contributed by atoms with van der Waals surface area (Å²) in [6.45, 7) is 1.86. The molecule has 0 saturated carbocycles. The Balaban J connectivity index is 2.56. The number of aliphatic hydroxyl groups is 1. The van der Waals surface area contributed by atoms with Gasteiger partial charge in [-0.15, -0.1) is 0 Å². The van der Waals surface area contributed by atoms with Crippen LogP contribution in [-0.4, -0.2) is 48.1 Å². The van der Waals surface area contributed by atoms with Crippen molar-refractivity contribution in [1.82, 2.24) is 4.90 Å². The number of carbonyl (C=O) groups is 2. The second kappa shape index (κ2) is 4.61. The quantitative estimate of drug-likeness (QED) is 0.431. The van der Waals surface area contributed by atoms with E-state index in [1.165, 1.54) is 4.90 Å². The number of carbonyl (C=O) groups excluding carboxylic acids is 2. The van der Waals surface area contributed by atoms with Crippen LogP contribution in [0.1, 0.15) is 0 Å². The molecule has 6 nitrogen and oxygen atoms in total. The Hall–Kier alpha value is -1.56. The fourth-order valence-electron chi connectivity index (χ4n) is 1.06. The van der Waals surface area contributed by atoms with Crippen molar-refractivity contribution in [3.05, 3.63) is 11.8 Å². The summed E-state index contributed by atoms with van der Waals surface area (Å²) in [5.41, 5.74) is 4.76. The van der Waals surface area contributed by atoms with Gasteiger partial charge in [0.1, 0.15) is 0 Å². The molecule has 1 fully saturated rings. The lowest BCUT2D eigenvalue weighted by molar-refractivity contribution is -0.130. The number of ether oxygens (including phenoxy) is 1. The van der Waals surface area contributed by atoms with Crippen LogP contribution < -0.4 is 5.73 Å². The largest absolute Gasteiger partial charge is 0.503 e. The second-order valence-corrected chi connectivity index (χ2v) is 2.83. The maximum absolute atomic E-state index is 11.3. The van der Waals surface area contributed by atoms with E-state index in [-0.39, 0.29) is 0 Å². The fraction of sp³-hybridized carbons (Fsp3) is 0.500. The molecule has 0 radical (unpaired) electrons. The highest BCUT2D eigenvalue weighted by molar-refractivity contribution is 5.98. The van der Waals surface area contributed by atoms with Crippen LogP contribution in [0.2, 0.25) is 0 Å². The van der Waals surface area contributed by atoms with Gasteiger partial charge in [-0.1, -0.05) is 0 Å². The Morgan fingerprint density at radius 1 is 1.36 bits per heavy atom. The molecule has 1 aliphatic heterocycles. The van der Waals surface area contributed by atoms with Crippen molar-refractivity contribution < 1.29 is 19.4 Å². The zero-order valence-electron chi connectivity index (χ0n) is 7.60. The molecule has 14 heavy (non-hydrogen) atoms. The van der Waals surface area contributed by atoms with Crippen molar-refractivity contribution in [2.24, 2.45) is 5.73 Å². The van der Waals surface area contributed by atoms with Crippen molar-refractivity contribution in [2.75, 3.05) is 26.3 Å². The second-order valence-electron chi connectivity index (χ2n) is 2.83. The summed E-state index contributed by atoms with van der Waals surface area (Å²) in [5, 5.41) is 8.94. The van der Waals surface area contributed by atoms with Crippen LogP contribution in [0.4, 0.5) is 0 Å². The number of amides is 2. The third-order valence-corrected chi connectivity index (χ3v) is 1.84. The van der Waals surface area contributed by atoms with E-state index in [2.05, 4.69) is 0 Å². The van der Waals surface area contributed by atoms with Crippen LogP contribution >= 0.6 is 0 Å². The Morgan fingerprint density at radius 2 is 1.93 bits per heavy atom. The minimum atomic E-state index is -1.01. The summed E-state index contributed by atoms with van der Waals surface area (Å²) >= 11 is 0. The monoisotopic (exact) mass is 200 g/mol. The minimum absolute atomic E-state index is 0.426. The van der Waals surface area contributed by atoms with E-state index in [4.69, 9.17) is 15.6 Å². The first kappa shape index (κ1) is 10.5. The SMILES string of the molecule is NC(=O)C(O)=CC(=O)N1CCOCC1. The number of aliphatic hydroxyl groups excluding tert-OH is 1. The molecule has 0 aliphatic carbocycles.